The van der Waals surface area contributed by atoms with Gasteiger partial charge in [0.25, 0.3) is 5.91 Å². The Balaban J connectivity index is 1.43. The fourth-order valence-corrected chi connectivity index (χ4v) is 5.06. The van der Waals surface area contributed by atoms with E-state index in [1.165, 1.54) is 5.56 Å². The van der Waals surface area contributed by atoms with Crippen LogP contribution < -0.4 is 16.0 Å². The molecule has 4 N–H and O–H groups in total. The first kappa shape index (κ1) is 34.1. The Hall–Kier alpha value is -4.78. The van der Waals surface area contributed by atoms with Gasteiger partial charge >= 0.3 is 0 Å². The number of allylic oxidation sites excluding steroid dienone is 1. The van der Waals surface area contributed by atoms with Crippen molar-refractivity contribution in [1.82, 2.24) is 16.0 Å². The minimum Gasteiger partial charge on any atom is -0.508 e. The van der Waals surface area contributed by atoms with Crippen molar-refractivity contribution in [3.63, 3.8) is 0 Å². The summed E-state index contributed by atoms with van der Waals surface area (Å²) < 4.78 is 5.86. The fourth-order valence-electron chi connectivity index (χ4n) is 5.06. The van der Waals surface area contributed by atoms with Crippen molar-refractivity contribution in [3.8, 4) is 5.75 Å². The maximum atomic E-state index is 13.4. The Bertz CT molecular complexity index is 1570. The zero-order valence-electron chi connectivity index (χ0n) is 28.0. The molecular formula is C39H48N4O3. The number of hydrogen-bond donors (Lipinski definition) is 4. The van der Waals surface area contributed by atoms with E-state index in [1.54, 1.807) is 12.1 Å². The number of phenols is 1. The van der Waals surface area contributed by atoms with Crippen molar-refractivity contribution in [2.24, 2.45) is 4.99 Å². The van der Waals surface area contributed by atoms with Crippen LogP contribution in [0.4, 0.5) is 0 Å². The second-order valence-corrected chi connectivity index (χ2v) is 13.7. The van der Waals surface area contributed by atoms with Crippen LogP contribution in [0.1, 0.15) is 86.7 Å². The molecule has 3 aromatic carbocycles. The minimum atomic E-state index is -0.348. The number of aliphatic imine (C=N–C) groups is 1. The zero-order chi connectivity index (χ0) is 33.5. The van der Waals surface area contributed by atoms with Gasteiger partial charge in [-0.2, -0.15) is 0 Å². The van der Waals surface area contributed by atoms with Crippen molar-refractivity contribution in [1.29, 1.82) is 0 Å². The molecule has 0 saturated heterocycles. The third kappa shape index (κ3) is 9.86. The van der Waals surface area contributed by atoms with Crippen LogP contribution in [0.15, 0.2) is 109 Å². The van der Waals surface area contributed by atoms with Gasteiger partial charge in [0.15, 0.2) is 0 Å². The van der Waals surface area contributed by atoms with Crippen LogP contribution in [-0.4, -0.2) is 35.4 Å². The van der Waals surface area contributed by atoms with Crippen molar-refractivity contribution >= 4 is 17.7 Å². The van der Waals surface area contributed by atoms with Crippen molar-refractivity contribution < 1.29 is 14.6 Å². The first-order valence-corrected chi connectivity index (χ1v) is 15.8. The minimum absolute atomic E-state index is 0.00637. The Kier molecular flexibility index (Phi) is 10.8. The second-order valence-electron chi connectivity index (χ2n) is 13.7. The number of carbonyl (C=O) groups is 1. The van der Waals surface area contributed by atoms with Crippen LogP contribution in [-0.2, 0) is 16.6 Å². The van der Waals surface area contributed by atoms with Gasteiger partial charge in [-0.1, -0.05) is 82.5 Å². The highest BCUT2D eigenvalue weighted by Gasteiger charge is 2.20. The molecule has 0 spiro atoms. The smallest absolute Gasteiger partial charge is 0.251 e. The number of ether oxygens (including phenoxy) is 1. The van der Waals surface area contributed by atoms with Crippen LogP contribution in [0.5, 0.6) is 5.75 Å². The lowest BCUT2D eigenvalue weighted by atomic mass is 9.86. The molecule has 1 aliphatic heterocycles. The number of amides is 1. The number of benzene rings is 3. The number of nitrogens with one attached hydrogen (secondary N) is 3. The van der Waals surface area contributed by atoms with E-state index >= 15 is 0 Å². The summed E-state index contributed by atoms with van der Waals surface area (Å²) in [6.07, 6.45) is 4.76. The first-order chi connectivity index (χ1) is 21.7. The Labute approximate surface area is 274 Å². The summed E-state index contributed by atoms with van der Waals surface area (Å²) in [6.45, 7) is 21.4. The normalized spacial score (nSPS) is 15.3. The third-order valence-electron chi connectivity index (χ3n) is 7.64. The van der Waals surface area contributed by atoms with Gasteiger partial charge in [0.05, 0.1) is 11.8 Å². The van der Waals surface area contributed by atoms with Crippen LogP contribution >= 0.6 is 0 Å². The predicted octanol–water partition coefficient (Wildman–Crippen LogP) is 7.57. The number of phenolic OH excluding ortho intramolecular Hbond substituents is 1. The standard InChI is InChI=1S/C39H48N4O3/c1-26(46-39(6,7)8)21-22-40-27(2)35(43-37(45)31-13-17-33(18-14-31)38(3,4)5)23-28-9-11-30(12-10-28)36-41-24-32(25-42-36)29-15-19-34(44)20-16-29/h9-20,24-25,35-36,40-41,44H,1-2,21-23H2,3-8H3,(H,43,45)/t35-,36?/m0/s1. The molecule has 0 aliphatic carbocycles. The van der Waals surface area contributed by atoms with Gasteiger partial charge in [0, 0.05) is 42.2 Å². The van der Waals surface area contributed by atoms with Crippen LogP contribution in [0.2, 0.25) is 0 Å². The molecule has 3 aromatic rings. The molecule has 0 fully saturated rings. The third-order valence-corrected chi connectivity index (χ3v) is 7.64. The average Bonchev–Trinajstić information content (AvgIpc) is 3.00. The lowest BCUT2D eigenvalue weighted by molar-refractivity contribution is 0.0480. The molecule has 0 bridgehead atoms. The SMILES string of the molecule is C=C(CCNC(=C)[C@H](Cc1ccc(C2N=CC(c3ccc(O)cc3)=CN2)cc1)NC(=O)c1ccc(C(C)(C)C)cc1)OC(C)(C)C. The van der Waals surface area contributed by atoms with E-state index in [2.05, 4.69) is 74.1 Å². The first-order valence-electron chi connectivity index (χ1n) is 15.8. The summed E-state index contributed by atoms with van der Waals surface area (Å²) in [5, 5.41) is 19.5. The van der Waals surface area contributed by atoms with E-state index in [1.807, 2.05) is 69.6 Å². The molecular weight excluding hydrogens is 572 g/mol. The molecule has 7 nitrogen and oxygen atoms in total. The molecule has 242 valence electrons. The Morgan fingerprint density at radius 2 is 1.61 bits per heavy atom. The van der Waals surface area contributed by atoms with Crippen LogP contribution in [0.3, 0.4) is 0 Å². The van der Waals surface area contributed by atoms with Gasteiger partial charge in [0.2, 0.25) is 0 Å². The molecule has 7 heteroatoms. The molecule has 0 saturated carbocycles. The van der Waals surface area contributed by atoms with E-state index in [-0.39, 0.29) is 34.9 Å². The largest absolute Gasteiger partial charge is 0.508 e. The van der Waals surface area contributed by atoms with E-state index in [4.69, 9.17) is 9.73 Å². The molecule has 4 rings (SSSR count). The van der Waals surface area contributed by atoms with E-state index in [0.29, 0.717) is 30.7 Å². The number of aromatic hydroxyl groups is 1. The summed E-state index contributed by atoms with van der Waals surface area (Å²) in [7, 11) is 0. The zero-order valence-corrected chi connectivity index (χ0v) is 28.0. The monoisotopic (exact) mass is 620 g/mol. The Morgan fingerprint density at radius 3 is 2.17 bits per heavy atom. The lowest BCUT2D eigenvalue weighted by Crippen LogP contribution is -2.41. The van der Waals surface area contributed by atoms with Gasteiger partial charge in [-0.05, 0) is 79.1 Å². The molecule has 1 unspecified atom stereocenters. The molecule has 1 amide bonds. The maximum Gasteiger partial charge on any atom is 0.251 e. The number of carbonyl (C=O) groups excluding carboxylic acids is 1. The Morgan fingerprint density at radius 1 is 0.957 bits per heavy atom. The quantitative estimate of drug-likeness (QED) is 0.157. The van der Waals surface area contributed by atoms with E-state index < -0.39 is 0 Å². The van der Waals surface area contributed by atoms with Crippen LogP contribution in [0.25, 0.3) is 5.57 Å². The highest BCUT2D eigenvalue weighted by Crippen LogP contribution is 2.25. The summed E-state index contributed by atoms with van der Waals surface area (Å²) in [4.78, 5) is 18.1. The van der Waals surface area contributed by atoms with Gasteiger partial charge in [-0.3, -0.25) is 9.79 Å². The topological polar surface area (TPSA) is 95.0 Å². The average molecular weight is 621 g/mol. The van der Waals surface area contributed by atoms with Crippen LogP contribution in [0, 0.1) is 0 Å². The van der Waals surface area contributed by atoms with E-state index in [9.17, 15) is 9.90 Å². The lowest BCUT2D eigenvalue weighted by Gasteiger charge is -2.25. The van der Waals surface area contributed by atoms with Crippen molar-refractivity contribution in [2.45, 2.75) is 77.6 Å². The second kappa shape index (κ2) is 14.5. The van der Waals surface area contributed by atoms with Gasteiger partial charge in [-0.15, -0.1) is 0 Å². The summed E-state index contributed by atoms with van der Waals surface area (Å²) >= 11 is 0. The predicted molar refractivity (Wildman–Crippen MR) is 189 cm³/mol. The highest BCUT2D eigenvalue weighted by atomic mass is 16.5. The summed E-state index contributed by atoms with van der Waals surface area (Å²) in [5.74, 6) is 0.782. The molecule has 0 radical (unpaired) electrons. The number of hydrogen-bond acceptors (Lipinski definition) is 6. The molecule has 1 heterocycles. The summed E-state index contributed by atoms with van der Waals surface area (Å²) in [6, 6.07) is 22.7. The maximum absolute atomic E-state index is 13.4. The fraction of sp³-hybridized carbons (Fsp3) is 0.333. The van der Waals surface area contributed by atoms with Gasteiger partial charge < -0.3 is 25.8 Å². The summed E-state index contributed by atoms with van der Waals surface area (Å²) in [5.41, 5.74) is 6.20. The molecule has 46 heavy (non-hydrogen) atoms. The highest BCUT2D eigenvalue weighted by molar-refractivity contribution is 6.10. The number of nitrogens with zero attached hydrogens (tertiary/aromatic N) is 1. The molecule has 1 aliphatic rings. The molecule has 2 atom stereocenters. The number of rotatable bonds is 12. The van der Waals surface area contributed by atoms with Crippen molar-refractivity contribution in [2.75, 3.05) is 6.54 Å². The van der Waals surface area contributed by atoms with Gasteiger partial charge in [0.1, 0.15) is 17.5 Å². The van der Waals surface area contributed by atoms with Gasteiger partial charge in [-0.25, -0.2) is 0 Å². The van der Waals surface area contributed by atoms with E-state index in [0.717, 1.165) is 28.0 Å². The molecule has 0 aromatic heterocycles. The van der Waals surface area contributed by atoms with Crippen molar-refractivity contribution in [3.05, 3.63) is 131 Å².